The van der Waals surface area contributed by atoms with E-state index in [4.69, 9.17) is 11.6 Å². The van der Waals surface area contributed by atoms with Crippen molar-refractivity contribution in [3.63, 3.8) is 0 Å². The van der Waals surface area contributed by atoms with Gasteiger partial charge >= 0.3 is 0 Å². The van der Waals surface area contributed by atoms with E-state index in [-0.39, 0.29) is 0 Å². The molecule has 0 N–H and O–H groups in total. The molecule has 0 aromatic heterocycles. The first-order valence-corrected chi connectivity index (χ1v) is 5.85. The topological polar surface area (TPSA) is 18.8 Å². The van der Waals surface area contributed by atoms with Gasteiger partial charge in [-0.3, -0.25) is 5.01 Å². The van der Waals surface area contributed by atoms with Crippen molar-refractivity contribution in [3.05, 3.63) is 34.9 Å². The molecule has 1 aromatic carbocycles. The van der Waals surface area contributed by atoms with Gasteiger partial charge in [0.15, 0.2) is 0 Å². The number of piperazine rings is 1. The van der Waals surface area contributed by atoms with E-state index in [1.54, 1.807) is 0 Å². The molecule has 2 rings (SSSR count). The summed E-state index contributed by atoms with van der Waals surface area (Å²) >= 11 is 5.82. The first-order valence-electron chi connectivity index (χ1n) is 5.47. The van der Waals surface area contributed by atoms with Gasteiger partial charge < -0.3 is 4.90 Å². The lowest BCUT2D eigenvalue weighted by molar-refractivity contribution is 0.159. The van der Waals surface area contributed by atoms with Crippen LogP contribution >= 0.6 is 11.6 Å². The van der Waals surface area contributed by atoms with Gasteiger partial charge in [0.2, 0.25) is 0 Å². The van der Waals surface area contributed by atoms with Crippen molar-refractivity contribution >= 4 is 17.8 Å². The fourth-order valence-electron chi connectivity index (χ4n) is 1.61. The van der Waals surface area contributed by atoms with Crippen molar-refractivity contribution < 1.29 is 0 Å². The summed E-state index contributed by atoms with van der Waals surface area (Å²) < 4.78 is 0. The fraction of sp³-hybridized carbons (Fsp3) is 0.417. The van der Waals surface area contributed by atoms with Crippen molar-refractivity contribution in [2.45, 2.75) is 0 Å². The summed E-state index contributed by atoms with van der Waals surface area (Å²) in [7, 11) is 2.14. The molecule has 0 saturated carbocycles. The van der Waals surface area contributed by atoms with Crippen LogP contribution in [0.15, 0.2) is 29.4 Å². The third-order valence-electron chi connectivity index (χ3n) is 2.72. The molecular formula is C12H16ClN3. The van der Waals surface area contributed by atoms with E-state index in [2.05, 4.69) is 22.1 Å². The first kappa shape index (κ1) is 11.4. The second-order valence-electron chi connectivity index (χ2n) is 4.05. The summed E-state index contributed by atoms with van der Waals surface area (Å²) in [6, 6.07) is 7.71. The predicted octanol–water partition coefficient (Wildman–Crippen LogP) is 1.92. The van der Waals surface area contributed by atoms with E-state index < -0.39 is 0 Å². The van der Waals surface area contributed by atoms with Gasteiger partial charge in [0.25, 0.3) is 0 Å². The molecule has 1 aliphatic rings. The highest BCUT2D eigenvalue weighted by atomic mass is 35.5. The summed E-state index contributed by atoms with van der Waals surface area (Å²) in [6.45, 7) is 4.16. The fourth-order valence-corrected chi connectivity index (χ4v) is 1.73. The first-order chi connectivity index (χ1) is 7.74. The van der Waals surface area contributed by atoms with Crippen LogP contribution in [0.25, 0.3) is 0 Å². The SMILES string of the molecule is CN1CCN(/N=C\c2ccc(Cl)cc2)CC1. The van der Waals surface area contributed by atoms with Crippen LogP contribution in [0.3, 0.4) is 0 Å². The van der Waals surface area contributed by atoms with Crippen LogP contribution < -0.4 is 0 Å². The van der Waals surface area contributed by atoms with Crippen molar-refractivity contribution in [3.8, 4) is 0 Å². The Kier molecular flexibility index (Phi) is 3.80. The lowest BCUT2D eigenvalue weighted by Gasteiger charge is -2.30. The molecule has 0 aliphatic carbocycles. The summed E-state index contributed by atoms with van der Waals surface area (Å²) in [5, 5.41) is 7.32. The standard InChI is InChI=1S/C12H16ClN3/c1-15-6-8-16(9-7-15)14-10-11-2-4-12(13)5-3-11/h2-5,10H,6-9H2,1H3/b14-10-. The van der Waals surface area contributed by atoms with Crippen molar-refractivity contribution in [2.75, 3.05) is 33.2 Å². The number of likely N-dealkylation sites (N-methyl/N-ethyl adjacent to an activating group) is 1. The van der Waals surface area contributed by atoms with Gasteiger partial charge in [0.1, 0.15) is 0 Å². The van der Waals surface area contributed by atoms with E-state index in [0.29, 0.717) is 0 Å². The Hall–Kier alpha value is -1.06. The van der Waals surface area contributed by atoms with Crippen LogP contribution in [0, 0.1) is 0 Å². The van der Waals surface area contributed by atoms with E-state index in [1.165, 1.54) is 0 Å². The Balaban J connectivity index is 1.91. The zero-order valence-corrected chi connectivity index (χ0v) is 10.2. The minimum Gasteiger partial charge on any atom is -0.303 e. The van der Waals surface area contributed by atoms with E-state index in [1.807, 2.05) is 30.5 Å². The van der Waals surface area contributed by atoms with Crippen LogP contribution in [-0.2, 0) is 0 Å². The largest absolute Gasteiger partial charge is 0.303 e. The highest BCUT2D eigenvalue weighted by Crippen LogP contribution is 2.08. The highest BCUT2D eigenvalue weighted by Gasteiger charge is 2.10. The summed E-state index contributed by atoms with van der Waals surface area (Å²) in [5.74, 6) is 0. The molecule has 0 unspecified atom stereocenters. The molecule has 86 valence electrons. The van der Waals surface area contributed by atoms with E-state index in [0.717, 1.165) is 36.8 Å². The van der Waals surface area contributed by atoms with Crippen LogP contribution in [-0.4, -0.2) is 49.4 Å². The van der Waals surface area contributed by atoms with Crippen molar-refractivity contribution in [1.82, 2.24) is 9.91 Å². The quantitative estimate of drug-likeness (QED) is 0.732. The van der Waals surface area contributed by atoms with Gasteiger partial charge in [-0.2, -0.15) is 5.10 Å². The number of halogens is 1. The molecular weight excluding hydrogens is 222 g/mol. The van der Waals surface area contributed by atoms with E-state index in [9.17, 15) is 0 Å². The minimum atomic E-state index is 0.761. The molecule has 1 aromatic rings. The van der Waals surface area contributed by atoms with Gasteiger partial charge in [0, 0.05) is 31.2 Å². The van der Waals surface area contributed by atoms with E-state index >= 15 is 0 Å². The van der Waals surface area contributed by atoms with Gasteiger partial charge in [0.05, 0.1) is 6.21 Å². The smallest absolute Gasteiger partial charge is 0.0542 e. The Morgan fingerprint density at radius 1 is 1.12 bits per heavy atom. The molecule has 0 spiro atoms. The number of hydrogen-bond donors (Lipinski definition) is 0. The van der Waals surface area contributed by atoms with Crippen LogP contribution in [0.4, 0.5) is 0 Å². The monoisotopic (exact) mass is 237 g/mol. The maximum atomic E-state index is 5.82. The molecule has 16 heavy (non-hydrogen) atoms. The van der Waals surface area contributed by atoms with Crippen molar-refractivity contribution in [2.24, 2.45) is 5.10 Å². The molecule has 1 saturated heterocycles. The number of nitrogens with zero attached hydrogens (tertiary/aromatic N) is 3. The van der Waals surface area contributed by atoms with Crippen LogP contribution in [0.5, 0.6) is 0 Å². The van der Waals surface area contributed by atoms with Gasteiger partial charge in [-0.15, -0.1) is 0 Å². The molecule has 0 atom stereocenters. The highest BCUT2D eigenvalue weighted by molar-refractivity contribution is 6.30. The number of benzene rings is 1. The maximum Gasteiger partial charge on any atom is 0.0542 e. The minimum absolute atomic E-state index is 0.761. The Morgan fingerprint density at radius 2 is 1.75 bits per heavy atom. The summed E-state index contributed by atoms with van der Waals surface area (Å²) in [6.07, 6.45) is 1.89. The number of hydrogen-bond acceptors (Lipinski definition) is 3. The molecule has 1 aliphatic heterocycles. The van der Waals surface area contributed by atoms with Crippen LogP contribution in [0.1, 0.15) is 5.56 Å². The normalized spacial score (nSPS) is 18.2. The molecule has 3 nitrogen and oxygen atoms in total. The predicted molar refractivity (Wildman–Crippen MR) is 68.1 cm³/mol. The van der Waals surface area contributed by atoms with Gasteiger partial charge in [-0.25, -0.2) is 0 Å². The molecule has 0 amide bonds. The lowest BCUT2D eigenvalue weighted by atomic mass is 10.2. The number of hydrazone groups is 1. The molecule has 4 heteroatoms. The second kappa shape index (κ2) is 5.32. The zero-order valence-electron chi connectivity index (χ0n) is 9.43. The zero-order chi connectivity index (χ0) is 11.4. The van der Waals surface area contributed by atoms with Gasteiger partial charge in [-0.1, -0.05) is 23.7 Å². The Bertz CT molecular complexity index is 353. The third-order valence-corrected chi connectivity index (χ3v) is 2.97. The third kappa shape index (κ3) is 3.22. The lowest BCUT2D eigenvalue weighted by Crippen LogP contribution is -2.41. The summed E-state index contributed by atoms with van der Waals surface area (Å²) in [4.78, 5) is 2.31. The molecule has 0 radical (unpaired) electrons. The van der Waals surface area contributed by atoms with Gasteiger partial charge in [-0.05, 0) is 24.7 Å². The molecule has 1 fully saturated rings. The Morgan fingerprint density at radius 3 is 2.38 bits per heavy atom. The van der Waals surface area contributed by atoms with Crippen molar-refractivity contribution in [1.29, 1.82) is 0 Å². The Labute approximate surface area is 101 Å². The summed E-state index contributed by atoms with van der Waals surface area (Å²) in [5.41, 5.74) is 1.09. The molecule has 1 heterocycles. The maximum absolute atomic E-state index is 5.82. The number of rotatable bonds is 2. The van der Waals surface area contributed by atoms with Crippen LogP contribution in [0.2, 0.25) is 5.02 Å². The molecule has 0 bridgehead atoms. The average molecular weight is 238 g/mol. The average Bonchev–Trinajstić information content (AvgIpc) is 2.30. The second-order valence-corrected chi connectivity index (χ2v) is 4.49.